The first-order valence-corrected chi connectivity index (χ1v) is 7.86. The first kappa shape index (κ1) is 14.4. The van der Waals surface area contributed by atoms with Crippen LogP contribution in [0.25, 0.3) is 0 Å². The smallest absolute Gasteiger partial charge is 0.0548 e. The topological polar surface area (TPSA) is 0 Å². The molecule has 0 amide bonds. The van der Waals surface area contributed by atoms with Gasteiger partial charge in [0.15, 0.2) is 0 Å². The van der Waals surface area contributed by atoms with Crippen LogP contribution in [0.5, 0.6) is 0 Å². The van der Waals surface area contributed by atoms with Crippen molar-refractivity contribution >= 4 is 55.1 Å². The van der Waals surface area contributed by atoms with Gasteiger partial charge in [0.1, 0.15) is 0 Å². The Morgan fingerprint density at radius 2 is 1.83 bits per heavy atom. The predicted octanol–water partition coefficient (Wildman–Crippen LogP) is 6.43. The van der Waals surface area contributed by atoms with Gasteiger partial charge in [-0.2, -0.15) is 0 Å². The molecule has 1 unspecified atom stereocenters. The van der Waals surface area contributed by atoms with Crippen molar-refractivity contribution in [3.05, 3.63) is 68.1 Å². The van der Waals surface area contributed by atoms with Gasteiger partial charge in [-0.25, -0.2) is 0 Å². The molecule has 0 aliphatic heterocycles. The van der Waals surface area contributed by atoms with Crippen molar-refractivity contribution in [2.24, 2.45) is 0 Å². The summed E-state index contributed by atoms with van der Waals surface area (Å²) in [4.78, 5) is 0.240. The Morgan fingerprint density at radius 3 is 2.50 bits per heavy atom. The van der Waals surface area contributed by atoms with E-state index in [4.69, 9.17) is 23.2 Å². The summed E-state index contributed by atoms with van der Waals surface area (Å²) < 4.78 is 0.914. The Hall–Kier alpha value is -0.0200. The normalized spacial score (nSPS) is 12.4. The van der Waals surface area contributed by atoms with E-state index in [-0.39, 0.29) is 4.83 Å². The molecule has 94 valence electrons. The van der Waals surface area contributed by atoms with E-state index in [1.807, 2.05) is 36.4 Å². The molecule has 0 heterocycles. The number of alkyl halides is 1. The Morgan fingerprint density at radius 1 is 1.06 bits per heavy atom. The second kappa shape index (κ2) is 6.42. The second-order valence-electron chi connectivity index (χ2n) is 3.98. The van der Waals surface area contributed by atoms with E-state index in [2.05, 4.69) is 37.9 Å². The lowest BCUT2D eigenvalue weighted by Gasteiger charge is -2.11. The van der Waals surface area contributed by atoms with Crippen LogP contribution in [-0.2, 0) is 6.42 Å². The lowest BCUT2D eigenvalue weighted by molar-refractivity contribution is 0.948. The average molecular weight is 409 g/mol. The van der Waals surface area contributed by atoms with Gasteiger partial charge in [-0.3, -0.25) is 0 Å². The standard InChI is InChI=1S/C14H10Br2Cl2/c15-12(7-9-2-1-3-11(17)6-9)10-4-5-14(18)13(16)8-10/h1-6,8,12H,7H2. The lowest BCUT2D eigenvalue weighted by Crippen LogP contribution is -1.95. The molecular weight excluding hydrogens is 399 g/mol. The van der Waals surface area contributed by atoms with Crippen molar-refractivity contribution in [3.8, 4) is 0 Å². The number of benzene rings is 2. The SMILES string of the molecule is Clc1cccc(CC(Br)c2ccc(Cl)c(Br)c2)c1. The lowest BCUT2D eigenvalue weighted by atomic mass is 10.0. The Kier molecular flexibility index (Phi) is 5.14. The van der Waals surface area contributed by atoms with Crippen molar-refractivity contribution in [1.29, 1.82) is 0 Å². The molecule has 1 atom stereocenters. The van der Waals surface area contributed by atoms with Gasteiger partial charge < -0.3 is 0 Å². The van der Waals surface area contributed by atoms with Crippen molar-refractivity contribution in [1.82, 2.24) is 0 Å². The summed E-state index contributed by atoms with van der Waals surface area (Å²) in [5.74, 6) is 0. The molecule has 0 spiro atoms. The largest absolute Gasteiger partial charge is 0.0843 e. The molecule has 2 aromatic rings. The summed E-state index contributed by atoms with van der Waals surface area (Å²) >= 11 is 19.1. The molecule has 18 heavy (non-hydrogen) atoms. The molecule has 0 fully saturated rings. The highest BCUT2D eigenvalue weighted by Gasteiger charge is 2.10. The molecular formula is C14H10Br2Cl2. The zero-order chi connectivity index (χ0) is 13.1. The van der Waals surface area contributed by atoms with Gasteiger partial charge in [0.25, 0.3) is 0 Å². The molecule has 0 N–H and O–H groups in total. The minimum Gasteiger partial charge on any atom is -0.0843 e. The van der Waals surface area contributed by atoms with Gasteiger partial charge in [0.2, 0.25) is 0 Å². The molecule has 0 saturated carbocycles. The monoisotopic (exact) mass is 406 g/mol. The van der Waals surface area contributed by atoms with Gasteiger partial charge in [0.05, 0.1) is 5.02 Å². The molecule has 2 rings (SSSR count). The summed E-state index contributed by atoms with van der Waals surface area (Å²) in [6, 6.07) is 13.9. The Labute approximate surface area is 134 Å². The minimum absolute atomic E-state index is 0.240. The van der Waals surface area contributed by atoms with E-state index in [1.165, 1.54) is 11.1 Å². The Bertz CT molecular complexity index is 555. The van der Waals surface area contributed by atoms with Crippen molar-refractivity contribution < 1.29 is 0 Å². The van der Waals surface area contributed by atoms with Crippen LogP contribution < -0.4 is 0 Å². The van der Waals surface area contributed by atoms with Crippen LogP contribution in [-0.4, -0.2) is 0 Å². The van der Waals surface area contributed by atoms with E-state index in [1.54, 1.807) is 0 Å². The molecule has 0 saturated heterocycles. The summed E-state index contributed by atoms with van der Waals surface area (Å²) in [6.45, 7) is 0. The number of hydrogen-bond donors (Lipinski definition) is 0. The van der Waals surface area contributed by atoms with E-state index in [0.29, 0.717) is 0 Å². The maximum atomic E-state index is 5.99. The molecule has 0 radical (unpaired) electrons. The molecule has 0 aliphatic carbocycles. The van der Waals surface area contributed by atoms with Crippen molar-refractivity contribution in [2.45, 2.75) is 11.2 Å². The van der Waals surface area contributed by atoms with Crippen LogP contribution in [0.1, 0.15) is 16.0 Å². The zero-order valence-corrected chi connectivity index (χ0v) is 14.0. The van der Waals surface area contributed by atoms with Crippen LogP contribution in [0.3, 0.4) is 0 Å². The maximum Gasteiger partial charge on any atom is 0.0548 e. The van der Waals surface area contributed by atoms with E-state index in [0.717, 1.165) is 20.9 Å². The zero-order valence-electron chi connectivity index (χ0n) is 9.34. The van der Waals surface area contributed by atoms with Crippen molar-refractivity contribution in [3.63, 3.8) is 0 Å². The second-order valence-corrected chi connectivity index (χ2v) is 6.78. The van der Waals surface area contributed by atoms with Crippen LogP contribution in [0.2, 0.25) is 10.0 Å². The third kappa shape index (κ3) is 3.74. The highest BCUT2D eigenvalue weighted by Crippen LogP contribution is 2.32. The quantitative estimate of drug-likeness (QED) is 0.513. The number of rotatable bonds is 3. The highest BCUT2D eigenvalue weighted by molar-refractivity contribution is 9.10. The first-order valence-electron chi connectivity index (χ1n) is 5.40. The summed E-state index contributed by atoms with van der Waals surface area (Å²) in [5, 5.41) is 1.49. The summed E-state index contributed by atoms with van der Waals surface area (Å²) in [6.07, 6.45) is 0.884. The molecule has 0 nitrogen and oxygen atoms in total. The maximum absolute atomic E-state index is 5.99. The molecule has 2 aromatic carbocycles. The highest BCUT2D eigenvalue weighted by atomic mass is 79.9. The fourth-order valence-electron chi connectivity index (χ4n) is 1.70. The first-order chi connectivity index (χ1) is 8.56. The van der Waals surface area contributed by atoms with Crippen molar-refractivity contribution in [2.75, 3.05) is 0 Å². The fraction of sp³-hybridized carbons (Fsp3) is 0.143. The summed E-state index contributed by atoms with van der Waals surface area (Å²) in [5.41, 5.74) is 2.39. The van der Waals surface area contributed by atoms with Gasteiger partial charge in [-0.15, -0.1) is 0 Å². The molecule has 0 aromatic heterocycles. The van der Waals surface area contributed by atoms with Gasteiger partial charge in [-0.05, 0) is 57.7 Å². The predicted molar refractivity (Wildman–Crippen MR) is 86.0 cm³/mol. The Balaban J connectivity index is 2.16. The number of hydrogen-bond acceptors (Lipinski definition) is 0. The third-order valence-electron chi connectivity index (χ3n) is 2.61. The molecule has 4 heteroatoms. The van der Waals surface area contributed by atoms with Crippen LogP contribution in [0.4, 0.5) is 0 Å². The molecule has 0 bridgehead atoms. The van der Waals surface area contributed by atoms with Gasteiger partial charge in [0, 0.05) is 14.3 Å². The van der Waals surface area contributed by atoms with Gasteiger partial charge in [-0.1, -0.05) is 57.3 Å². The van der Waals surface area contributed by atoms with Crippen LogP contribution >= 0.6 is 55.1 Å². The van der Waals surface area contributed by atoms with Crippen LogP contribution in [0, 0.1) is 0 Å². The minimum atomic E-state index is 0.240. The van der Waals surface area contributed by atoms with Crippen LogP contribution in [0.15, 0.2) is 46.9 Å². The van der Waals surface area contributed by atoms with E-state index >= 15 is 0 Å². The average Bonchev–Trinajstić information content (AvgIpc) is 2.32. The van der Waals surface area contributed by atoms with E-state index in [9.17, 15) is 0 Å². The fourth-order valence-corrected chi connectivity index (χ4v) is 3.08. The summed E-state index contributed by atoms with van der Waals surface area (Å²) in [7, 11) is 0. The third-order valence-corrected chi connectivity index (χ3v) is 4.91. The van der Waals surface area contributed by atoms with E-state index < -0.39 is 0 Å². The number of halogens is 4. The molecule has 0 aliphatic rings. The van der Waals surface area contributed by atoms with Gasteiger partial charge >= 0.3 is 0 Å².